The minimum absolute atomic E-state index is 0.0731. The van der Waals surface area contributed by atoms with Gasteiger partial charge in [-0.15, -0.1) is 0 Å². The van der Waals surface area contributed by atoms with Gasteiger partial charge in [0.25, 0.3) is 5.91 Å². The van der Waals surface area contributed by atoms with Gasteiger partial charge in [0.05, 0.1) is 28.4 Å². The lowest BCUT2D eigenvalue weighted by molar-refractivity contribution is -0.386. The predicted octanol–water partition coefficient (Wildman–Crippen LogP) is 2.97. The molecule has 0 bridgehead atoms. The number of ether oxygens (including phenoxy) is 1. The Morgan fingerprint density at radius 2 is 2.10 bits per heavy atom. The standard InChI is InChI=1S/C18H19ClN6O4/c1-3-24-16(13(19)10-20-24)11-22(2)18(26)14-8-9-23(21-14)12-29-17-7-5-4-6-15(17)25(27)28/h4-10H,3,11-12H2,1-2H3. The highest BCUT2D eigenvalue weighted by atomic mass is 35.5. The van der Waals surface area contributed by atoms with Crippen LogP contribution in [0.2, 0.25) is 5.02 Å². The maximum atomic E-state index is 12.7. The van der Waals surface area contributed by atoms with E-state index in [1.54, 1.807) is 42.3 Å². The number of aryl methyl sites for hydroxylation is 1. The van der Waals surface area contributed by atoms with E-state index in [-0.39, 0.29) is 36.3 Å². The van der Waals surface area contributed by atoms with Gasteiger partial charge in [0.2, 0.25) is 0 Å². The highest BCUT2D eigenvalue weighted by Gasteiger charge is 2.19. The molecule has 2 aromatic heterocycles. The Kier molecular flexibility index (Phi) is 6.13. The summed E-state index contributed by atoms with van der Waals surface area (Å²) in [6.07, 6.45) is 3.12. The van der Waals surface area contributed by atoms with Crippen molar-refractivity contribution in [1.29, 1.82) is 0 Å². The Morgan fingerprint density at radius 1 is 1.34 bits per heavy atom. The van der Waals surface area contributed by atoms with E-state index < -0.39 is 4.92 Å². The minimum atomic E-state index is -0.519. The molecule has 29 heavy (non-hydrogen) atoms. The van der Waals surface area contributed by atoms with Crippen LogP contribution in [-0.4, -0.2) is 42.3 Å². The lowest BCUT2D eigenvalue weighted by Gasteiger charge is -2.17. The molecule has 0 N–H and O–H groups in total. The molecule has 2 heterocycles. The van der Waals surface area contributed by atoms with E-state index in [0.29, 0.717) is 11.6 Å². The third kappa shape index (κ3) is 4.54. The number of hydrogen-bond acceptors (Lipinski definition) is 6. The first-order valence-corrected chi connectivity index (χ1v) is 9.13. The van der Waals surface area contributed by atoms with Gasteiger partial charge in [-0.05, 0) is 19.1 Å². The summed E-state index contributed by atoms with van der Waals surface area (Å²) in [7, 11) is 1.65. The van der Waals surface area contributed by atoms with Gasteiger partial charge in [-0.3, -0.25) is 19.6 Å². The van der Waals surface area contributed by atoms with Gasteiger partial charge in [0.1, 0.15) is 0 Å². The zero-order chi connectivity index (χ0) is 21.0. The van der Waals surface area contributed by atoms with E-state index in [4.69, 9.17) is 16.3 Å². The maximum Gasteiger partial charge on any atom is 0.311 e. The van der Waals surface area contributed by atoms with Crippen LogP contribution in [0, 0.1) is 10.1 Å². The highest BCUT2D eigenvalue weighted by molar-refractivity contribution is 6.31. The minimum Gasteiger partial charge on any atom is -0.464 e. The number of para-hydroxylation sites is 2. The Morgan fingerprint density at radius 3 is 2.83 bits per heavy atom. The van der Waals surface area contributed by atoms with E-state index in [1.165, 1.54) is 21.7 Å². The van der Waals surface area contributed by atoms with Crippen molar-refractivity contribution in [2.45, 2.75) is 26.7 Å². The van der Waals surface area contributed by atoms with Gasteiger partial charge in [0, 0.05) is 25.9 Å². The van der Waals surface area contributed by atoms with Crippen LogP contribution in [0.5, 0.6) is 5.75 Å². The fourth-order valence-electron chi connectivity index (χ4n) is 2.72. The summed E-state index contributed by atoms with van der Waals surface area (Å²) in [5.74, 6) is -0.171. The summed E-state index contributed by atoms with van der Waals surface area (Å²) in [6.45, 7) is 2.79. The summed E-state index contributed by atoms with van der Waals surface area (Å²) in [5, 5.41) is 19.9. The molecule has 0 radical (unpaired) electrons. The molecule has 0 fully saturated rings. The molecule has 0 aliphatic rings. The second-order valence-electron chi connectivity index (χ2n) is 6.15. The lowest BCUT2D eigenvalue weighted by atomic mass is 10.3. The predicted molar refractivity (Wildman–Crippen MR) is 105 cm³/mol. The number of amides is 1. The number of nitro groups is 1. The van der Waals surface area contributed by atoms with Gasteiger partial charge in [-0.2, -0.15) is 10.2 Å². The van der Waals surface area contributed by atoms with Gasteiger partial charge < -0.3 is 9.64 Å². The first kappa shape index (κ1) is 20.3. The molecule has 10 nitrogen and oxygen atoms in total. The van der Waals surface area contributed by atoms with Crippen LogP contribution in [0.25, 0.3) is 0 Å². The van der Waals surface area contributed by atoms with E-state index >= 15 is 0 Å². The molecule has 0 aliphatic heterocycles. The normalized spacial score (nSPS) is 10.7. The third-order valence-electron chi connectivity index (χ3n) is 4.20. The van der Waals surface area contributed by atoms with Crippen LogP contribution < -0.4 is 4.74 Å². The topological polar surface area (TPSA) is 108 Å². The molecule has 0 aliphatic carbocycles. The largest absolute Gasteiger partial charge is 0.464 e. The van der Waals surface area contributed by atoms with Crippen LogP contribution in [0.1, 0.15) is 23.1 Å². The Bertz CT molecular complexity index is 1030. The number of nitro benzene ring substituents is 1. The number of halogens is 1. The molecule has 3 rings (SSSR count). The molecule has 0 saturated carbocycles. The van der Waals surface area contributed by atoms with Crippen molar-refractivity contribution in [2.24, 2.45) is 0 Å². The van der Waals surface area contributed by atoms with Gasteiger partial charge in [0.15, 0.2) is 18.2 Å². The van der Waals surface area contributed by atoms with E-state index in [1.807, 2.05) is 6.92 Å². The molecule has 11 heteroatoms. The summed E-state index contributed by atoms with van der Waals surface area (Å²) >= 11 is 6.15. The molecule has 1 aromatic carbocycles. The molecule has 0 saturated heterocycles. The number of hydrogen-bond donors (Lipinski definition) is 0. The average molecular weight is 419 g/mol. The number of rotatable bonds is 8. The molecule has 152 valence electrons. The molecule has 3 aromatic rings. The van der Waals surface area contributed by atoms with Crippen LogP contribution >= 0.6 is 11.6 Å². The van der Waals surface area contributed by atoms with Crippen molar-refractivity contribution in [3.63, 3.8) is 0 Å². The highest BCUT2D eigenvalue weighted by Crippen LogP contribution is 2.26. The number of carbonyl (C=O) groups is 1. The van der Waals surface area contributed by atoms with E-state index in [2.05, 4.69) is 10.2 Å². The quantitative estimate of drug-likeness (QED) is 0.411. The van der Waals surface area contributed by atoms with Crippen molar-refractivity contribution < 1.29 is 14.5 Å². The van der Waals surface area contributed by atoms with E-state index in [9.17, 15) is 14.9 Å². The Balaban J connectivity index is 1.65. The van der Waals surface area contributed by atoms with Gasteiger partial charge in [-0.1, -0.05) is 23.7 Å². The first-order chi connectivity index (χ1) is 13.9. The van der Waals surface area contributed by atoms with Gasteiger partial charge in [-0.25, -0.2) is 4.68 Å². The van der Waals surface area contributed by atoms with E-state index in [0.717, 1.165) is 5.69 Å². The zero-order valence-corrected chi connectivity index (χ0v) is 16.6. The molecule has 0 spiro atoms. The lowest BCUT2D eigenvalue weighted by Crippen LogP contribution is -2.28. The van der Waals surface area contributed by atoms with Crippen molar-refractivity contribution in [3.05, 3.63) is 69.3 Å². The molecule has 1 amide bonds. The summed E-state index contributed by atoms with van der Waals surface area (Å²) in [5.41, 5.74) is 0.821. The molecule has 0 atom stereocenters. The summed E-state index contributed by atoms with van der Waals surface area (Å²) < 4.78 is 8.59. The van der Waals surface area contributed by atoms with Crippen LogP contribution in [0.15, 0.2) is 42.7 Å². The van der Waals surface area contributed by atoms with Gasteiger partial charge >= 0.3 is 5.69 Å². The number of aromatic nitrogens is 4. The van der Waals surface area contributed by atoms with Crippen molar-refractivity contribution >= 4 is 23.2 Å². The third-order valence-corrected chi connectivity index (χ3v) is 4.52. The molecule has 0 unspecified atom stereocenters. The van der Waals surface area contributed by atoms with Crippen molar-refractivity contribution in [3.8, 4) is 5.75 Å². The number of benzene rings is 1. The van der Waals surface area contributed by atoms with Crippen LogP contribution in [0.3, 0.4) is 0 Å². The Labute approximate surface area is 171 Å². The first-order valence-electron chi connectivity index (χ1n) is 8.76. The van der Waals surface area contributed by atoms with Crippen molar-refractivity contribution in [1.82, 2.24) is 24.5 Å². The fraction of sp³-hybridized carbons (Fsp3) is 0.278. The van der Waals surface area contributed by atoms with Crippen molar-refractivity contribution in [2.75, 3.05) is 7.05 Å². The average Bonchev–Trinajstić information content (AvgIpc) is 3.33. The van der Waals surface area contributed by atoms with Crippen LogP contribution in [-0.2, 0) is 19.8 Å². The zero-order valence-electron chi connectivity index (χ0n) is 15.9. The SMILES string of the molecule is CCn1ncc(Cl)c1CN(C)C(=O)c1ccn(COc2ccccc2[N+](=O)[O-])n1. The smallest absolute Gasteiger partial charge is 0.311 e. The fourth-order valence-corrected chi connectivity index (χ4v) is 2.92. The number of nitrogens with zero attached hydrogens (tertiary/aromatic N) is 6. The van der Waals surface area contributed by atoms with Crippen LogP contribution in [0.4, 0.5) is 5.69 Å². The molecular weight excluding hydrogens is 400 g/mol. The molecular formula is C18H19ClN6O4. The summed E-state index contributed by atoms with van der Waals surface area (Å²) in [4.78, 5) is 24.7. The monoisotopic (exact) mass is 418 g/mol. The second kappa shape index (κ2) is 8.74. The maximum absolute atomic E-state index is 12.7. The summed E-state index contributed by atoms with van der Waals surface area (Å²) in [6, 6.07) is 7.61. The second-order valence-corrected chi connectivity index (χ2v) is 6.56. The number of carbonyl (C=O) groups excluding carboxylic acids is 1. The Hall–Kier alpha value is -3.40.